The number of aromatic hydroxyl groups is 1. The van der Waals surface area contributed by atoms with Crippen LogP contribution in [0.3, 0.4) is 0 Å². The lowest BCUT2D eigenvalue weighted by Gasteiger charge is -2.14. The van der Waals surface area contributed by atoms with Crippen molar-refractivity contribution in [3.8, 4) is 11.5 Å². The van der Waals surface area contributed by atoms with Gasteiger partial charge in [0.1, 0.15) is 0 Å². The smallest absolute Gasteiger partial charge is 0.161 e. The van der Waals surface area contributed by atoms with Crippen LogP contribution in [0.1, 0.15) is 18.9 Å². The largest absolute Gasteiger partial charge is 0.504 e. The Labute approximate surface area is 109 Å². The highest BCUT2D eigenvalue weighted by Gasteiger charge is 2.18. The monoisotopic (exact) mass is 250 g/mol. The molecule has 2 rings (SSSR count). The number of rotatable bonds is 5. The third-order valence-corrected chi connectivity index (χ3v) is 3.31. The van der Waals surface area contributed by atoms with Gasteiger partial charge in [0.15, 0.2) is 11.5 Å². The first-order chi connectivity index (χ1) is 8.69. The van der Waals surface area contributed by atoms with Gasteiger partial charge >= 0.3 is 0 Å². The molecule has 0 aliphatic carbocycles. The molecule has 1 saturated heterocycles. The zero-order valence-corrected chi connectivity index (χ0v) is 11.1. The van der Waals surface area contributed by atoms with Gasteiger partial charge in [-0.1, -0.05) is 6.07 Å². The summed E-state index contributed by atoms with van der Waals surface area (Å²) in [4.78, 5) is 2.33. The van der Waals surface area contributed by atoms with Crippen LogP contribution in [0, 0.1) is 0 Å². The number of ether oxygens (including phenoxy) is 1. The summed E-state index contributed by atoms with van der Waals surface area (Å²) < 4.78 is 5.38. The lowest BCUT2D eigenvalue weighted by atomic mass is 10.2. The van der Waals surface area contributed by atoms with Crippen LogP contribution < -0.4 is 10.1 Å². The highest BCUT2D eigenvalue weighted by molar-refractivity contribution is 5.41. The van der Waals surface area contributed by atoms with E-state index >= 15 is 0 Å². The molecule has 0 amide bonds. The van der Waals surface area contributed by atoms with Gasteiger partial charge in [0.2, 0.25) is 0 Å². The maximum absolute atomic E-state index is 9.63. The van der Waals surface area contributed by atoms with Gasteiger partial charge < -0.3 is 20.1 Å². The predicted octanol–water partition coefficient (Wildman–Crippen LogP) is 1.58. The third-order valence-electron chi connectivity index (χ3n) is 3.31. The van der Waals surface area contributed by atoms with Crippen molar-refractivity contribution in [1.82, 2.24) is 10.2 Å². The standard InChI is InChI=1S/C14H22N2O2/c1-3-18-14-8-11(4-5-13(14)17)9-15-12-6-7-16(2)10-12/h4-5,8,12,15,17H,3,6-7,9-10H2,1-2H3. The zero-order valence-electron chi connectivity index (χ0n) is 11.1. The highest BCUT2D eigenvalue weighted by Crippen LogP contribution is 2.26. The average molecular weight is 250 g/mol. The molecule has 1 fully saturated rings. The number of benzene rings is 1. The number of nitrogens with zero attached hydrogens (tertiary/aromatic N) is 1. The minimum absolute atomic E-state index is 0.209. The Morgan fingerprint density at radius 3 is 3.00 bits per heavy atom. The molecule has 1 aromatic rings. The van der Waals surface area contributed by atoms with Gasteiger partial charge in [-0.25, -0.2) is 0 Å². The average Bonchev–Trinajstić information content (AvgIpc) is 2.76. The number of hydrogen-bond donors (Lipinski definition) is 2. The maximum Gasteiger partial charge on any atom is 0.161 e. The van der Waals surface area contributed by atoms with Crippen molar-refractivity contribution < 1.29 is 9.84 Å². The van der Waals surface area contributed by atoms with Crippen LogP contribution in [-0.4, -0.2) is 42.8 Å². The number of phenols is 1. The van der Waals surface area contributed by atoms with E-state index in [0.29, 0.717) is 18.4 Å². The van der Waals surface area contributed by atoms with E-state index in [4.69, 9.17) is 4.74 Å². The Balaban J connectivity index is 1.91. The van der Waals surface area contributed by atoms with E-state index in [-0.39, 0.29) is 5.75 Å². The zero-order chi connectivity index (χ0) is 13.0. The van der Waals surface area contributed by atoms with Crippen LogP contribution >= 0.6 is 0 Å². The fraction of sp³-hybridized carbons (Fsp3) is 0.571. The summed E-state index contributed by atoms with van der Waals surface area (Å²) in [5.41, 5.74) is 1.14. The van der Waals surface area contributed by atoms with Crippen molar-refractivity contribution in [2.45, 2.75) is 25.9 Å². The van der Waals surface area contributed by atoms with Crippen molar-refractivity contribution in [3.05, 3.63) is 23.8 Å². The molecule has 1 atom stereocenters. The maximum atomic E-state index is 9.63. The second-order valence-corrected chi connectivity index (χ2v) is 4.86. The van der Waals surface area contributed by atoms with Crippen molar-refractivity contribution >= 4 is 0 Å². The molecule has 100 valence electrons. The number of phenolic OH excluding ortho intramolecular Hbond substituents is 1. The van der Waals surface area contributed by atoms with Crippen molar-refractivity contribution in [2.24, 2.45) is 0 Å². The summed E-state index contributed by atoms with van der Waals surface area (Å²) in [6.07, 6.45) is 1.20. The fourth-order valence-corrected chi connectivity index (χ4v) is 2.30. The first kappa shape index (κ1) is 13.2. The molecule has 2 N–H and O–H groups in total. The quantitative estimate of drug-likeness (QED) is 0.833. The molecule has 1 aromatic carbocycles. The van der Waals surface area contributed by atoms with Crippen molar-refractivity contribution in [3.63, 3.8) is 0 Å². The van der Waals surface area contributed by atoms with E-state index in [0.717, 1.165) is 25.2 Å². The Kier molecular flexibility index (Phi) is 4.44. The summed E-state index contributed by atoms with van der Waals surface area (Å²) in [5.74, 6) is 0.779. The van der Waals surface area contributed by atoms with Gasteiger partial charge in [-0.2, -0.15) is 0 Å². The Morgan fingerprint density at radius 2 is 2.33 bits per heavy atom. The first-order valence-corrected chi connectivity index (χ1v) is 6.55. The minimum Gasteiger partial charge on any atom is -0.504 e. The Bertz CT molecular complexity index is 395. The summed E-state index contributed by atoms with van der Waals surface area (Å²) in [6, 6.07) is 6.11. The summed E-state index contributed by atoms with van der Waals surface area (Å²) in [5, 5.41) is 13.2. The van der Waals surface area contributed by atoms with Gasteiger partial charge in [0.25, 0.3) is 0 Å². The molecule has 0 bridgehead atoms. The summed E-state index contributed by atoms with van der Waals surface area (Å²) in [7, 11) is 2.15. The second-order valence-electron chi connectivity index (χ2n) is 4.86. The second kappa shape index (κ2) is 6.07. The molecule has 1 heterocycles. The number of likely N-dealkylation sites (tertiary alicyclic amines) is 1. The van der Waals surface area contributed by atoms with Gasteiger partial charge in [-0.05, 0) is 44.6 Å². The lowest BCUT2D eigenvalue weighted by Crippen LogP contribution is -2.30. The van der Waals surface area contributed by atoms with Crippen LogP contribution in [0.2, 0.25) is 0 Å². The molecule has 0 spiro atoms. The van der Waals surface area contributed by atoms with E-state index in [2.05, 4.69) is 17.3 Å². The molecule has 1 aliphatic rings. The third kappa shape index (κ3) is 3.37. The molecule has 4 heteroatoms. The molecule has 18 heavy (non-hydrogen) atoms. The van der Waals surface area contributed by atoms with E-state index < -0.39 is 0 Å². The molecule has 1 aliphatic heterocycles. The molecular weight excluding hydrogens is 228 g/mol. The SMILES string of the molecule is CCOc1cc(CNC2CCN(C)C2)ccc1O. The van der Waals surface area contributed by atoms with E-state index in [1.54, 1.807) is 6.07 Å². The van der Waals surface area contributed by atoms with Crippen LogP contribution in [0.4, 0.5) is 0 Å². The van der Waals surface area contributed by atoms with Gasteiger partial charge in [0.05, 0.1) is 6.61 Å². The molecule has 0 radical (unpaired) electrons. The van der Waals surface area contributed by atoms with Gasteiger partial charge in [0, 0.05) is 19.1 Å². The Morgan fingerprint density at radius 1 is 1.50 bits per heavy atom. The van der Waals surface area contributed by atoms with E-state index in [1.165, 1.54) is 6.42 Å². The molecular formula is C14H22N2O2. The topological polar surface area (TPSA) is 44.7 Å². The lowest BCUT2D eigenvalue weighted by molar-refractivity contribution is 0.317. The van der Waals surface area contributed by atoms with Crippen molar-refractivity contribution in [2.75, 3.05) is 26.7 Å². The van der Waals surface area contributed by atoms with Crippen LogP contribution in [0.5, 0.6) is 11.5 Å². The molecule has 0 aromatic heterocycles. The minimum atomic E-state index is 0.209. The van der Waals surface area contributed by atoms with Crippen LogP contribution in [0.15, 0.2) is 18.2 Å². The molecule has 4 nitrogen and oxygen atoms in total. The van der Waals surface area contributed by atoms with Gasteiger partial charge in [-0.3, -0.25) is 0 Å². The van der Waals surface area contributed by atoms with Crippen molar-refractivity contribution in [1.29, 1.82) is 0 Å². The number of likely N-dealkylation sites (N-methyl/N-ethyl adjacent to an activating group) is 1. The van der Waals surface area contributed by atoms with E-state index in [9.17, 15) is 5.11 Å². The Hall–Kier alpha value is -1.26. The summed E-state index contributed by atoms with van der Waals surface area (Å²) >= 11 is 0. The number of hydrogen-bond acceptors (Lipinski definition) is 4. The first-order valence-electron chi connectivity index (χ1n) is 6.55. The van der Waals surface area contributed by atoms with Crippen LogP contribution in [-0.2, 0) is 6.54 Å². The molecule has 0 saturated carbocycles. The normalized spacial score (nSPS) is 20.2. The molecule has 1 unspecified atom stereocenters. The fourth-order valence-electron chi connectivity index (χ4n) is 2.30. The predicted molar refractivity (Wildman–Crippen MR) is 72.0 cm³/mol. The van der Waals surface area contributed by atoms with Gasteiger partial charge in [-0.15, -0.1) is 0 Å². The number of nitrogens with one attached hydrogen (secondary N) is 1. The summed E-state index contributed by atoms with van der Waals surface area (Å²) in [6.45, 7) is 5.57. The van der Waals surface area contributed by atoms with Crippen LogP contribution in [0.25, 0.3) is 0 Å². The highest BCUT2D eigenvalue weighted by atomic mass is 16.5. The van der Waals surface area contributed by atoms with E-state index in [1.807, 2.05) is 19.1 Å².